The highest BCUT2D eigenvalue weighted by Crippen LogP contribution is 2.24. The molecule has 0 bridgehead atoms. The van der Waals surface area contributed by atoms with Crippen molar-refractivity contribution in [1.82, 2.24) is 0 Å². The molecule has 2 heterocycles. The molecule has 4 atom stereocenters. The molecule has 1 saturated heterocycles. The number of nitrogens with two attached hydrogens (primary N) is 1. The number of primary amides is 1. The van der Waals surface area contributed by atoms with Crippen LogP contribution in [0.4, 0.5) is 0 Å². The van der Waals surface area contributed by atoms with Gasteiger partial charge in [0.05, 0.1) is 6.61 Å². The summed E-state index contributed by atoms with van der Waals surface area (Å²) in [6.45, 7) is -0.398. The van der Waals surface area contributed by atoms with Gasteiger partial charge in [-0.05, 0) is 6.07 Å². The largest absolute Gasteiger partial charge is 1.00 e. The molecule has 0 unspecified atom stereocenters. The average Bonchev–Trinajstić information content (AvgIpc) is 2.66. The number of carbonyl (C=O) groups is 1. The van der Waals surface area contributed by atoms with E-state index in [1.54, 1.807) is 12.3 Å². The lowest BCUT2D eigenvalue weighted by molar-refractivity contribution is -0.765. The minimum Gasteiger partial charge on any atom is -1.00 e. The van der Waals surface area contributed by atoms with Crippen molar-refractivity contribution in [2.75, 3.05) is 6.61 Å². The normalized spacial score (nSPS) is 28.4. The van der Waals surface area contributed by atoms with Crippen LogP contribution in [0.3, 0.4) is 0 Å². The predicted molar refractivity (Wildman–Crippen MR) is 64.9 cm³/mol. The van der Waals surface area contributed by atoms with Crippen molar-refractivity contribution in [1.29, 1.82) is 0 Å². The first-order chi connectivity index (χ1) is 8.54. The lowest BCUT2D eigenvalue weighted by Gasteiger charge is -2.09. The lowest BCUT2D eigenvalue weighted by atomic mass is 10.1. The lowest BCUT2D eigenvalue weighted by Crippen LogP contribution is -3.00. The number of ether oxygens (including phenoxy) is 1. The van der Waals surface area contributed by atoms with Gasteiger partial charge in [0.15, 0.2) is 18.5 Å². The Hall–Kier alpha value is -1.25. The number of aliphatic hydroxyl groups excluding tert-OH is 3. The average molecular weight is 307 g/mol. The zero-order valence-corrected chi connectivity index (χ0v) is 10.6. The maximum atomic E-state index is 11.1. The van der Waals surface area contributed by atoms with E-state index in [0.29, 0.717) is 0 Å². The molecule has 0 saturated carbocycles. The second kappa shape index (κ2) is 7.51. The van der Waals surface area contributed by atoms with Gasteiger partial charge in [-0.2, -0.15) is 4.57 Å². The monoisotopic (exact) mass is 306 g/mol. The molecule has 8 heteroatoms. The number of aromatic nitrogens is 1. The van der Waals surface area contributed by atoms with Crippen LogP contribution in [0.15, 0.2) is 24.5 Å². The molecule has 20 heavy (non-hydrogen) atoms. The van der Waals surface area contributed by atoms with Gasteiger partial charge in [0.25, 0.3) is 12.1 Å². The van der Waals surface area contributed by atoms with Gasteiger partial charge in [-0.25, -0.2) is 0 Å². The van der Waals surface area contributed by atoms with Crippen molar-refractivity contribution in [3.05, 3.63) is 30.1 Å². The molecule has 1 aromatic heterocycles. The molecule has 0 aliphatic carbocycles. The molecule has 1 aromatic rings. The number of carbonyl (C=O) groups excluding carboxylic acids is 1. The second-order valence-electron chi connectivity index (χ2n) is 4.13. The Morgan fingerprint density at radius 3 is 2.55 bits per heavy atom. The highest BCUT2D eigenvalue weighted by atomic mass is 35.5. The number of halogens is 1. The summed E-state index contributed by atoms with van der Waals surface area (Å²) in [5.41, 5.74) is 5.41. The van der Waals surface area contributed by atoms with Crippen LogP contribution in [0.25, 0.3) is 0 Å². The van der Waals surface area contributed by atoms with Crippen molar-refractivity contribution in [3.8, 4) is 0 Å². The molecule has 114 valence electrons. The van der Waals surface area contributed by atoms with E-state index in [0.717, 1.165) is 0 Å². The number of aliphatic hydroxyl groups is 3. The van der Waals surface area contributed by atoms with Crippen LogP contribution in [-0.4, -0.2) is 46.1 Å². The summed E-state index contributed by atoms with van der Waals surface area (Å²) >= 11 is 0. The van der Waals surface area contributed by atoms with Crippen LogP contribution < -0.4 is 22.7 Å². The molecule has 2 rings (SSSR count). The van der Waals surface area contributed by atoms with Gasteiger partial charge in [0.2, 0.25) is 0 Å². The topological polar surface area (TPSA) is 117 Å². The maximum Gasteiger partial charge on any atom is 0.292 e. The van der Waals surface area contributed by atoms with E-state index >= 15 is 0 Å². The quantitative estimate of drug-likeness (QED) is 0.419. The van der Waals surface area contributed by atoms with E-state index < -0.39 is 37.1 Å². The van der Waals surface area contributed by atoms with Crippen molar-refractivity contribution in [2.24, 2.45) is 5.73 Å². The van der Waals surface area contributed by atoms with E-state index in [-0.39, 0.29) is 25.4 Å². The van der Waals surface area contributed by atoms with Gasteiger partial charge in [-0.3, -0.25) is 4.79 Å². The van der Waals surface area contributed by atoms with Crippen molar-refractivity contribution >= 4 is 5.91 Å². The van der Waals surface area contributed by atoms with Crippen LogP contribution in [0.2, 0.25) is 0 Å². The van der Waals surface area contributed by atoms with Crippen LogP contribution in [0.5, 0.6) is 0 Å². The fraction of sp³-hybridized carbons (Fsp3) is 0.500. The smallest absolute Gasteiger partial charge is 0.292 e. The number of nitrogens with zero attached hydrogens (tertiary/aromatic N) is 1. The van der Waals surface area contributed by atoms with Crippen LogP contribution in [-0.2, 0) is 4.74 Å². The Kier molecular flexibility index (Phi) is 7.04. The third-order valence-corrected chi connectivity index (χ3v) is 2.92. The first kappa shape index (κ1) is 18.8. The van der Waals surface area contributed by atoms with Gasteiger partial charge in [-0.1, -0.05) is 7.43 Å². The summed E-state index contributed by atoms with van der Waals surface area (Å²) < 4.78 is 6.75. The first-order valence-corrected chi connectivity index (χ1v) is 5.47. The zero-order chi connectivity index (χ0) is 13.3. The summed E-state index contributed by atoms with van der Waals surface area (Å²) in [6, 6.07) is 3.11. The molecular weight excluding hydrogens is 288 g/mol. The second-order valence-corrected chi connectivity index (χ2v) is 4.13. The van der Waals surface area contributed by atoms with Crippen LogP contribution >= 0.6 is 0 Å². The van der Waals surface area contributed by atoms with Gasteiger partial charge >= 0.3 is 0 Å². The Bertz CT molecular complexity index is 459. The third kappa shape index (κ3) is 3.44. The Morgan fingerprint density at radius 1 is 1.40 bits per heavy atom. The summed E-state index contributed by atoms with van der Waals surface area (Å²) in [4.78, 5) is 11.1. The highest BCUT2D eigenvalue weighted by molar-refractivity contribution is 5.92. The Morgan fingerprint density at radius 2 is 2.05 bits per heavy atom. The summed E-state index contributed by atoms with van der Waals surface area (Å²) in [5.74, 6) is -0.601. The minimum absolute atomic E-state index is 0. The predicted octanol–water partition coefficient (Wildman–Crippen LogP) is -4.68. The Balaban J connectivity index is 0.00000180. The van der Waals surface area contributed by atoms with E-state index in [4.69, 9.17) is 15.6 Å². The molecular formula is C12H19ClN2O5. The zero-order valence-electron chi connectivity index (χ0n) is 9.89. The van der Waals surface area contributed by atoms with Gasteiger partial charge in [0.1, 0.15) is 17.8 Å². The minimum atomic E-state index is -1.18. The molecule has 0 spiro atoms. The van der Waals surface area contributed by atoms with Crippen LogP contribution in [0, 0.1) is 0 Å². The number of hydrogen-bond acceptors (Lipinski definition) is 5. The van der Waals surface area contributed by atoms with E-state index in [1.807, 2.05) is 0 Å². The number of hydrogen-bond donors (Lipinski definition) is 4. The molecule has 1 aliphatic heterocycles. The fourth-order valence-electron chi connectivity index (χ4n) is 1.92. The van der Waals surface area contributed by atoms with E-state index in [9.17, 15) is 15.0 Å². The number of amides is 1. The van der Waals surface area contributed by atoms with Gasteiger partial charge in [0, 0.05) is 6.07 Å². The standard InChI is InChI=1S/C11H14N2O5.CH4.ClH/c12-10(17)6-2-1-3-13(4-6)11-9(16)8(15)7(5-14)18-11;;/h1-4,7-9,11,14-16H,5H2,(H-,12,17);1H4;1H/t7-,8-,9-,11-;;/m1../s1. The van der Waals surface area contributed by atoms with Crippen molar-refractivity contribution in [3.63, 3.8) is 0 Å². The molecule has 5 N–H and O–H groups in total. The van der Waals surface area contributed by atoms with Gasteiger partial charge in [-0.15, -0.1) is 0 Å². The maximum absolute atomic E-state index is 11.1. The summed E-state index contributed by atoms with van der Waals surface area (Å²) in [6.07, 6.45) is -1.08. The molecule has 1 fully saturated rings. The molecule has 1 aliphatic rings. The highest BCUT2D eigenvalue weighted by Gasteiger charge is 2.47. The fourth-order valence-corrected chi connectivity index (χ4v) is 1.92. The summed E-state index contributed by atoms with van der Waals surface area (Å²) in [5, 5.41) is 28.4. The molecule has 7 nitrogen and oxygen atoms in total. The van der Waals surface area contributed by atoms with Crippen molar-refractivity contribution in [2.45, 2.75) is 32.0 Å². The summed E-state index contributed by atoms with van der Waals surface area (Å²) in [7, 11) is 0. The molecule has 0 aromatic carbocycles. The van der Waals surface area contributed by atoms with Crippen molar-refractivity contribution < 1.29 is 41.8 Å². The first-order valence-electron chi connectivity index (χ1n) is 5.47. The SMILES string of the molecule is C.NC(=O)c1ccc[n+]([C@@H]2O[C@H](CO)[C@@H](O)[C@H]2O)c1.[Cl-]. The van der Waals surface area contributed by atoms with E-state index in [1.165, 1.54) is 16.8 Å². The molecule has 0 radical (unpaired) electrons. The number of rotatable bonds is 3. The third-order valence-electron chi connectivity index (χ3n) is 2.92. The molecule has 1 amide bonds. The Labute approximate surface area is 123 Å². The van der Waals surface area contributed by atoms with Crippen LogP contribution in [0.1, 0.15) is 24.0 Å². The van der Waals surface area contributed by atoms with Gasteiger partial charge < -0.3 is 38.2 Å². The van der Waals surface area contributed by atoms with E-state index in [2.05, 4.69) is 0 Å². The number of pyridine rings is 1.